The molecule has 1 heterocycles. The standard InChI is InChI=1S/C5H7N5S/c6-5(7)10-9-3-4-8-1-2-11-4/h1-3H,(H4,6,7,10)/b9-3+. The molecular weight excluding hydrogens is 162 g/mol. The van der Waals surface area contributed by atoms with E-state index < -0.39 is 0 Å². The second-order valence-corrected chi connectivity index (χ2v) is 2.57. The van der Waals surface area contributed by atoms with Gasteiger partial charge in [-0.05, 0) is 0 Å². The third-order valence-electron chi connectivity index (χ3n) is 0.793. The summed E-state index contributed by atoms with van der Waals surface area (Å²) in [6, 6.07) is 0. The molecule has 0 amide bonds. The van der Waals surface area contributed by atoms with Gasteiger partial charge in [-0.3, -0.25) is 0 Å². The van der Waals surface area contributed by atoms with Crippen LogP contribution in [0.3, 0.4) is 0 Å². The smallest absolute Gasteiger partial charge is 0.211 e. The van der Waals surface area contributed by atoms with Gasteiger partial charge >= 0.3 is 0 Å². The minimum absolute atomic E-state index is 0.0576. The Morgan fingerprint density at radius 1 is 1.64 bits per heavy atom. The molecule has 5 nitrogen and oxygen atoms in total. The van der Waals surface area contributed by atoms with Crippen LogP contribution in [-0.2, 0) is 0 Å². The number of rotatable bonds is 2. The van der Waals surface area contributed by atoms with Crippen molar-refractivity contribution in [3.05, 3.63) is 16.6 Å². The van der Waals surface area contributed by atoms with Crippen molar-refractivity contribution in [2.75, 3.05) is 0 Å². The first kappa shape index (κ1) is 7.67. The van der Waals surface area contributed by atoms with Gasteiger partial charge in [0.2, 0.25) is 5.96 Å². The number of nitrogens with two attached hydrogens (primary N) is 2. The van der Waals surface area contributed by atoms with Crippen molar-refractivity contribution in [1.82, 2.24) is 4.98 Å². The highest BCUT2D eigenvalue weighted by molar-refractivity contribution is 7.11. The van der Waals surface area contributed by atoms with E-state index in [2.05, 4.69) is 15.2 Å². The van der Waals surface area contributed by atoms with E-state index >= 15 is 0 Å². The number of nitrogens with zero attached hydrogens (tertiary/aromatic N) is 3. The molecule has 11 heavy (non-hydrogen) atoms. The summed E-state index contributed by atoms with van der Waals surface area (Å²) < 4.78 is 0. The molecule has 4 N–H and O–H groups in total. The van der Waals surface area contributed by atoms with Crippen molar-refractivity contribution < 1.29 is 0 Å². The highest BCUT2D eigenvalue weighted by Gasteiger charge is 1.85. The molecule has 0 aliphatic heterocycles. The van der Waals surface area contributed by atoms with E-state index in [0.29, 0.717) is 0 Å². The van der Waals surface area contributed by atoms with Crippen LogP contribution in [0.15, 0.2) is 21.8 Å². The molecule has 1 aromatic rings. The third kappa shape index (κ3) is 2.76. The fourth-order valence-corrected chi connectivity index (χ4v) is 0.934. The molecule has 0 aliphatic carbocycles. The summed E-state index contributed by atoms with van der Waals surface area (Å²) in [5.74, 6) is -0.0576. The molecule has 6 heteroatoms. The monoisotopic (exact) mass is 169 g/mol. The van der Waals surface area contributed by atoms with Crippen LogP contribution in [-0.4, -0.2) is 17.2 Å². The first-order chi connectivity index (χ1) is 5.29. The average Bonchev–Trinajstić information content (AvgIpc) is 2.39. The van der Waals surface area contributed by atoms with E-state index in [1.54, 1.807) is 6.20 Å². The number of aromatic nitrogens is 1. The zero-order chi connectivity index (χ0) is 8.10. The molecule has 0 atom stereocenters. The summed E-state index contributed by atoms with van der Waals surface area (Å²) >= 11 is 1.46. The molecule has 0 aliphatic rings. The van der Waals surface area contributed by atoms with Crippen molar-refractivity contribution in [2.24, 2.45) is 21.7 Å². The van der Waals surface area contributed by atoms with Gasteiger partial charge in [-0.15, -0.1) is 16.4 Å². The van der Waals surface area contributed by atoms with Crippen molar-refractivity contribution in [1.29, 1.82) is 0 Å². The Hall–Kier alpha value is -1.43. The van der Waals surface area contributed by atoms with Crippen LogP contribution in [0.5, 0.6) is 0 Å². The van der Waals surface area contributed by atoms with E-state index in [-0.39, 0.29) is 5.96 Å². The summed E-state index contributed by atoms with van der Waals surface area (Å²) in [5.41, 5.74) is 10.1. The van der Waals surface area contributed by atoms with Crippen LogP contribution >= 0.6 is 11.3 Å². The fraction of sp³-hybridized carbons (Fsp3) is 0. The van der Waals surface area contributed by atoms with Crippen molar-refractivity contribution in [3.63, 3.8) is 0 Å². The summed E-state index contributed by atoms with van der Waals surface area (Å²) in [6.07, 6.45) is 3.17. The molecule has 0 saturated heterocycles. The van der Waals surface area contributed by atoms with Crippen molar-refractivity contribution >= 4 is 23.5 Å². The SMILES string of the molecule is NC(N)=N/N=C/c1nccs1. The van der Waals surface area contributed by atoms with E-state index in [1.165, 1.54) is 17.6 Å². The maximum atomic E-state index is 5.03. The topological polar surface area (TPSA) is 89.7 Å². The minimum atomic E-state index is -0.0576. The van der Waals surface area contributed by atoms with Crippen LogP contribution in [0.1, 0.15) is 5.01 Å². The zero-order valence-electron chi connectivity index (χ0n) is 5.64. The van der Waals surface area contributed by atoms with Gasteiger partial charge < -0.3 is 11.5 Å². The van der Waals surface area contributed by atoms with Gasteiger partial charge in [0.15, 0.2) is 0 Å². The number of guanidine groups is 1. The van der Waals surface area contributed by atoms with Crippen molar-refractivity contribution in [3.8, 4) is 0 Å². The second kappa shape index (κ2) is 3.67. The summed E-state index contributed by atoms with van der Waals surface area (Å²) in [5, 5.41) is 9.60. The lowest BCUT2D eigenvalue weighted by molar-refractivity contribution is 1.21. The largest absolute Gasteiger partial charge is 0.369 e. The number of hydrogen-bond donors (Lipinski definition) is 2. The Morgan fingerprint density at radius 2 is 2.45 bits per heavy atom. The molecule has 0 bridgehead atoms. The lowest BCUT2D eigenvalue weighted by Crippen LogP contribution is -2.21. The maximum Gasteiger partial charge on any atom is 0.211 e. The molecular formula is C5H7N5S. The zero-order valence-corrected chi connectivity index (χ0v) is 6.45. The van der Waals surface area contributed by atoms with Gasteiger partial charge in [0.1, 0.15) is 5.01 Å². The first-order valence-corrected chi connectivity index (χ1v) is 3.68. The Kier molecular flexibility index (Phi) is 2.56. The minimum Gasteiger partial charge on any atom is -0.369 e. The van der Waals surface area contributed by atoms with Gasteiger partial charge in [-0.2, -0.15) is 5.10 Å². The summed E-state index contributed by atoms with van der Waals surface area (Å²) in [4.78, 5) is 3.93. The van der Waals surface area contributed by atoms with E-state index in [9.17, 15) is 0 Å². The van der Waals surface area contributed by atoms with Gasteiger partial charge in [-0.1, -0.05) is 0 Å². The predicted molar refractivity (Wildman–Crippen MR) is 45.5 cm³/mol. The Balaban J connectivity index is 2.56. The van der Waals surface area contributed by atoms with Gasteiger partial charge in [0, 0.05) is 11.6 Å². The lowest BCUT2D eigenvalue weighted by Gasteiger charge is -1.81. The first-order valence-electron chi connectivity index (χ1n) is 2.80. The normalized spacial score (nSPS) is 10.2. The Bertz CT molecular complexity index is 258. The molecule has 0 saturated carbocycles. The predicted octanol–water partition coefficient (Wildman–Crippen LogP) is -0.250. The van der Waals surface area contributed by atoms with Gasteiger partial charge in [-0.25, -0.2) is 4.98 Å². The number of thiazole rings is 1. The maximum absolute atomic E-state index is 5.03. The highest BCUT2D eigenvalue weighted by Crippen LogP contribution is 1.99. The molecule has 0 fully saturated rings. The van der Waals surface area contributed by atoms with Gasteiger partial charge in [0.05, 0.1) is 6.21 Å². The van der Waals surface area contributed by atoms with Crippen LogP contribution in [0, 0.1) is 0 Å². The van der Waals surface area contributed by atoms with Crippen LogP contribution in [0.25, 0.3) is 0 Å². The Labute approximate surface area is 67.5 Å². The van der Waals surface area contributed by atoms with Crippen LogP contribution in [0.2, 0.25) is 0 Å². The second-order valence-electron chi connectivity index (χ2n) is 1.64. The summed E-state index contributed by atoms with van der Waals surface area (Å²) in [6.45, 7) is 0. The van der Waals surface area contributed by atoms with Gasteiger partial charge in [0.25, 0.3) is 0 Å². The van der Waals surface area contributed by atoms with Crippen LogP contribution in [0.4, 0.5) is 0 Å². The fourth-order valence-electron chi connectivity index (χ4n) is 0.443. The molecule has 1 aromatic heterocycles. The third-order valence-corrected chi connectivity index (χ3v) is 1.50. The molecule has 0 aromatic carbocycles. The quantitative estimate of drug-likeness (QED) is 0.363. The van der Waals surface area contributed by atoms with E-state index in [1.807, 2.05) is 5.38 Å². The molecule has 0 spiro atoms. The lowest BCUT2D eigenvalue weighted by atomic mass is 10.8. The Morgan fingerprint density at radius 3 is 3.00 bits per heavy atom. The van der Waals surface area contributed by atoms with E-state index in [4.69, 9.17) is 11.5 Å². The molecule has 0 unspecified atom stereocenters. The average molecular weight is 169 g/mol. The summed E-state index contributed by atoms with van der Waals surface area (Å²) in [7, 11) is 0. The van der Waals surface area contributed by atoms with E-state index in [0.717, 1.165) is 5.01 Å². The molecule has 58 valence electrons. The highest BCUT2D eigenvalue weighted by atomic mass is 32.1. The molecule has 0 radical (unpaired) electrons. The molecule has 1 rings (SSSR count). The van der Waals surface area contributed by atoms with Crippen molar-refractivity contribution in [2.45, 2.75) is 0 Å². The van der Waals surface area contributed by atoms with Crippen LogP contribution < -0.4 is 11.5 Å². The number of hydrogen-bond acceptors (Lipinski definition) is 4.